The summed E-state index contributed by atoms with van der Waals surface area (Å²) in [6, 6.07) is 22.6. The van der Waals surface area contributed by atoms with Crippen LogP contribution in [-0.4, -0.2) is 85.7 Å². The number of ether oxygens (including phenoxy) is 1. The molecule has 2 amide bonds. The Bertz CT molecular complexity index is 1670. The molecule has 5 rings (SSSR count). The Morgan fingerprint density at radius 1 is 0.884 bits per heavy atom. The van der Waals surface area contributed by atoms with Gasteiger partial charge in [0.2, 0.25) is 21.8 Å². The Morgan fingerprint density at radius 3 is 2.35 bits per heavy atom. The van der Waals surface area contributed by atoms with Crippen LogP contribution in [0.1, 0.15) is 17.5 Å². The number of sulfonamides is 1. The van der Waals surface area contributed by atoms with Crippen molar-refractivity contribution >= 4 is 32.6 Å². The van der Waals surface area contributed by atoms with Gasteiger partial charge in [-0.05, 0) is 48.2 Å². The quantitative estimate of drug-likeness (QED) is 0.290. The number of nitrogens with zero attached hydrogens (tertiary/aromatic N) is 4. The molecular weight excluding hydrogens is 564 g/mol. The van der Waals surface area contributed by atoms with Gasteiger partial charge in [0.25, 0.3) is 0 Å². The second kappa shape index (κ2) is 13.4. The summed E-state index contributed by atoms with van der Waals surface area (Å²) in [5, 5.41) is 1.24. The first-order valence-electron chi connectivity index (χ1n) is 14.3. The van der Waals surface area contributed by atoms with E-state index in [0.717, 1.165) is 11.1 Å². The average molecular weight is 601 g/mol. The maximum atomic E-state index is 14.2. The van der Waals surface area contributed by atoms with E-state index in [1.54, 1.807) is 59.6 Å². The molecule has 3 aromatic carbocycles. The fourth-order valence-corrected chi connectivity index (χ4v) is 7.00. The third-order valence-electron chi connectivity index (χ3n) is 7.97. The van der Waals surface area contributed by atoms with E-state index in [0.29, 0.717) is 55.5 Å². The number of aromatic nitrogens is 1. The summed E-state index contributed by atoms with van der Waals surface area (Å²) in [7, 11) is -1.04. The molecule has 0 radical (unpaired) electrons. The summed E-state index contributed by atoms with van der Waals surface area (Å²) in [5.41, 5.74) is 1.75. The number of hydrogen-bond acceptors (Lipinski definition) is 6. The van der Waals surface area contributed by atoms with Crippen LogP contribution in [0.25, 0.3) is 10.8 Å². The molecule has 1 aromatic heterocycles. The van der Waals surface area contributed by atoms with Crippen molar-refractivity contribution in [3.63, 3.8) is 0 Å². The molecule has 1 aliphatic heterocycles. The first kappa shape index (κ1) is 30.2. The maximum absolute atomic E-state index is 14.2. The van der Waals surface area contributed by atoms with E-state index in [1.165, 1.54) is 11.4 Å². The highest BCUT2D eigenvalue weighted by Crippen LogP contribution is 2.27. The molecule has 1 fully saturated rings. The number of hydrogen-bond donors (Lipinski definition) is 0. The van der Waals surface area contributed by atoms with Crippen molar-refractivity contribution in [2.75, 3.05) is 40.3 Å². The van der Waals surface area contributed by atoms with Gasteiger partial charge in [0, 0.05) is 56.4 Å². The number of fused-ring (bicyclic) bond motifs is 1. The molecule has 0 spiro atoms. The predicted molar refractivity (Wildman–Crippen MR) is 165 cm³/mol. The van der Waals surface area contributed by atoms with E-state index < -0.39 is 16.1 Å². The molecule has 9 nitrogen and oxygen atoms in total. The van der Waals surface area contributed by atoms with Gasteiger partial charge < -0.3 is 14.5 Å². The number of benzene rings is 3. The lowest BCUT2D eigenvalue weighted by atomic mass is 10.0. The molecule has 2 heterocycles. The van der Waals surface area contributed by atoms with Gasteiger partial charge in [0.15, 0.2) is 0 Å². The summed E-state index contributed by atoms with van der Waals surface area (Å²) in [6.45, 7) is 1.68. The summed E-state index contributed by atoms with van der Waals surface area (Å²) in [4.78, 5) is 35.0. The molecule has 0 saturated carbocycles. The van der Waals surface area contributed by atoms with Gasteiger partial charge in [-0.2, -0.15) is 4.31 Å². The van der Waals surface area contributed by atoms with Crippen LogP contribution in [0.2, 0.25) is 0 Å². The Labute approximate surface area is 252 Å². The third-order valence-corrected chi connectivity index (χ3v) is 9.89. The summed E-state index contributed by atoms with van der Waals surface area (Å²) in [6.07, 6.45) is 4.27. The molecule has 0 unspecified atom stereocenters. The summed E-state index contributed by atoms with van der Waals surface area (Å²) < 4.78 is 34.7. The van der Waals surface area contributed by atoms with Crippen LogP contribution in [-0.2, 0) is 32.5 Å². The Kier molecular flexibility index (Phi) is 9.37. The van der Waals surface area contributed by atoms with Gasteiger partial charge in [-0.15, -0.1) is 0 Å². The first-order chi connectivity index (χ1) is 20.8. The molecule has 1 saturated heterocycles. The van der Waals surface area contributed by atoms with E-state index in [9.17, 15) is 18.0 Å². The minimum absolute atomic E-state index is 0.0143. The number of rotatable bonds is 9. The minimum Gasteiger partial charge on any atom is -0.497 e. The predicted octanol–water partition coefficient (Wildman–Crippen LogP) is 3.78. The van der Waals surface area contributed by atoms with Gasteiger partial charge in [0.05, 0.1) is 18.4 Å². The highest BCUT2D eigenvalue weighted by Gasteiger charge is 2.37. The Hall–Kier alpha value is -4.28. The monoisotopic (exact) mass is 600 g/mol. The highest BCUT2D eigenvalue weighted by molar-refractivity contribution is 7.89. The van der Waals surface area contributed by atoms with Crippen molar-refractivity contribution < 1.29 is 22.7 Å². The van der Waals surface area contributed by atoms with E-state index in [4.69, 9.17) is 4.74 Å². The minimum atomic E-state index is -4.08. The zero-order valence-electron chi connectivity index (χ0n) is 24.4. The largest absolute Gasteiger partial charge is 0.497 e. The van der Waals surface area contributed by atoms with Crippen molar-refractivity contribution in [1.82, 2.24) is 19.1 Å². The van der Waals surface area contributed by atoms with E-state index in [1.807, 2.05) is 48.5 Å². The number of carbonyl (C=O) groups is 2. The van der Waals surface area contributed by atoms with Crippen LogP contribution in [0.5, 0.6) is 5.75 Å². The van der Waals surface area contributed by atoms with Crippen LogP contribution in [0.15, 0.2) is 96.2 Å². The molecule has 10 heteroatoms. The average Bonchev–Trinajstić information content (AvgIpc) is 3.30. The van der Waals surface area contributed by atoms with Crippen LogP contribution < -0.4 is 4.74 Å². The molecule has 43 heavy (non-hydrogen) atoms. The van der Waals surface area contributed by atoms with Crippen LogP contribution in [0.4, 0.5) is 0 Å². The topological polar surface area (TPSA) is 100 Å². The second-order valence-electron chi connectivity index (χ2n) is 10.7. The maximum Gasteiger partial charge on any atom is 0.244 e. The molecule has 1 aliphatic rings. The van der Waals surface area contributed by atoms with Crippen LogP contribution >= 0.6 is 0 Å². The lowest BCUT2D eigenvalue weighted by molar-refractivity contribution is -0.136. The molecule has 4 aromatic rings. The van der Waals surface area contributed by atoms with E-state index in [-0.39, 0.29) is 23.1 Å². The smallest absolute Gasteiger partial charge is 0.244 e. The molecule has 0 aliphatic carbocycles. The lowest BCUT2D eigenvalue weighted by Gasteiger charge is -2.32. The summed E-state index contributed by atoms with van der Waals surface area (Å²) in [5.74, 6) is 0.395. The normalized spacial score (nSPS) is 14.9. The fraction of sp³-hybridized carbons (Fsp3) is 0.303. The third kappa shape index (κ3) is 6.87. The lowest BCUT2D eigenvalue weighted by Crippen LogP contribution is -2.51. The van der Waals surface area contributed by atoms with Crippen molar-refractivity contribution in [3.8, 4) is 5.75 Å². The van der Waals surface area contributed by atoms with Gasteiger partial charge in [-0.1, -0.05) is 54.6 Å². The standard InChI is InChI=1S/C33H36N4O5S/c1-35(43(40,41)31-11-6-10-27-24-34-17-16-29(27)31)30(22-26-12-14-28(42-2)15-13-26)33(39)37-19-7-18-36(20-21-37)32(38)23-25-8-4-3-5-9-25/h3-6,8-17,24,30H,7,18-23H2,1-2H3/t30-/m0/s1. The van der Waals surface area contributed by atoms with Crippen molar-refractivity contribution in [1.29, 1.82) is 0 Å². The molecule has 1 atom stereocenters. The summed E-state index contributed by atoms with van der Waals surface area (Å²) >= 11 is 0. The first-order valence-corrected chi connectivity index (χ1v) is 15.8. The van der Waals surface area contributed by atoms with Gasteiger partial charge in [-0.3, -0.25) is 14.6 Å². The molecular formula is C33H36N4O5S. The zero-order valence-corrected chi connectivity index (χ0v) is 25.2. The molecule has 0 bridgehead atoms. The number of likely N-dealkylation sites (N-methyl/N-ethyl adjacent to an activating group) is 1. The van der Waals surface area contributed by atoms with Crippen molar-refractivity contribution in [3.05, 3.63) is 102 Å². The van der Waals surface area contributed by atoms with Crippen molar-refractivity contribution in [2.45, 2.75) is 30.2 Å². The van der Waals surface area contributed by atoms with Crippen LogP contribution in [0.3, 0.4) is 0 Å². The molecule has 224 valence electrons. The van der Waals surface area contributed by atoms with Crippen LogP contribution in [0, 0.1) is 0 Å². The van der Waals surface area contributed by atoms with E-state index >= 15 is 0 Å². The van der Waals surface area contributed by atoms with E-state index in [2.05, 4.69) is 4.98 Å². The van der Waals surface area contributed by atoms with Gasteiger partial charge in [0.1, 0.15) is 11.8 Å². The number of carbonyl (C=O) groups excluding carboxylic acids is 2. The van der Waals surface area contributed by atoms with Crippen molar-refractivity contribution in [2.24, 2.45) is 0 Å². The zero-order chi connectivity index (χ0) is 30.4. The highest BCUT2D eigenvalue weighted by atomic mass is 32.2. The van der Waals surface area contributed by atoms with Gasteiger partial charge >= 0.3 is 0 Å². The Balaban J connectivity index is 1.40. The number of methoxy groups -OCH3 is 1. The Morgan fingerprint density at radius 2 is 1.60 bits per heavy atom. The molecule has 0 N–H and O–H groups in total. The SMILES string of the molecule is COc1ccc(C[C@@H](C(=O)N2CCCN(C(=O)Cc3ccccc3)CC2)N(C)S(=O)(=O)c2cccc3cnccc23)cc1. The number of pyridine rings is 1. The number of amides is 2. The fourth-order valence-electron chi connectivity index (χ4n) is 5.48. The second-order valence-corrected chi connectivity index (χ2v) is 12.6. The van der Waals surface area contributed by atoms with Gasteiger partial charge in [-0.25, -0.2) is 8.42 Å².